The third kappa shape index (κ3) is 8.10. The number of nitrogens with one attached hydrogen (secondary N) is 1. The van der Waals surface area contributed by atoms with Crippen LogP contribution in [0.25, 0.3) is 0 Å². The molecule has 0 unspecified atom stereocenters. The molecule has 3 aromatic rings. The first kappa shape index (κ1) is 33.9. The van der Waals surface area contributed by atoms with Crippen molar-refractivity contribution in [1.29, 1.82) is 0 Å². The van der Waals surface area contributed by atoms with E-state index in [1.165, 1.54) is 11.1 Å². The van der Waals surface area contributed by atoms with Gasteiger partial charge < -0.3 is 29.2 Å². The zero-order valence-electron chi connectivity index (χ0n) is 28.8. The van der Waals surface area contributed by atoms with Crippen molar-refractivity contribution >= 4 is 17.6 Å². The molecule has 2 aliphatic rings. The maximum atomic E-state index is 13.7. The topological polar surface area (TPSA) is 86.3 Å². The van der Waals surface area contributed by atoms with Crippen molar-refractivity contribution in [3.05, 3.63) is 101 Å². The predicted octanol–water partition coefficient (Wildman–Crippen LogP) is 7.77. The van der Waals surface area contributed by atoms with E-state index in [0.717, 1.165) is 37.7 Å². The summed E-state index contributed by atoms with van der Waals surface area (Å²) in [4.78, 5) is 29.6. The zero-order valence-corrected chi connectivity index (χ0v) is 28.8. The van der Waals surface area contributed by atoms with Crippen molar-refractivity contribution in [2.45, 2.75) is 84.5 Å². The fourth-order valence-corrected chi connectivity index (χ4v) is 6.73. The quantitative estimate of drug-likeness (QED) is 0.129. The Morgan fingerprint density at radius 2 is 1.47 bits per heavy atom. The maximum Gasteiger partial charge on any atom is 0.352 e. The van der Waals surface area contributed by atoms with E-state index < -0.39 is 17.7 Å². The molecule has 3 aromatic carbocycles. The third-order valence-corrected chi connectivity index (χ3v) is 8.87. The smallest absolute Gasteiger partial charge is 0.352 e. The van der Waals surface area contributed by atoms with Crippen molar-refractivity contribution in [3.8, 4) is 11.5 Å². The molecule has 8 heteroatoms. The van der Waals surface area contributed by atoms with E-state index in [1.807, 2.05) is 12.1 Å². The Balaban J connectivity index is 1.66. The highest BCUT2D eigenvalue weighted by atomic mass is 16.7. The molecule has 0 aromatic heterocycles. The Bertz CT molecular complexity index is 1580. The van der Waals surface area contributed by atoms with Gasteiger partial charge in [-0.05, 0) is 53.5 Å². The fraction of sp³-hybridized carbons (Fsp3) is 0.436. The monoisotopic (exact) mass is 640 g/mol. The van der Waals surface area contributed by atoms with Crippen LogP contribution in [0.5, 0.6) is 11.5 Å². The van der Waals surface area contributed by atoms with Gasteiger partial charge in [0.25, 0.3) is 5.79 Å². The van der Waals surface area contributed by atoms with Crippen LogP contribution in [0.3, 0.4) is 0 Å². The molecule has 1 aliphatic carbocycles. The second-order valence-electron chi connectivity index (χ2n) is 14.4. The van der Waals surface area contributed by atoms with E-state index >= 15 is 0 Å². The normalized spacial score (nSPS) is 17.0. The largest absolute Gasteiger partial charge is 0.497 e. The first-order chi connectivity index (χ1) is 22.3. The van der Waals surface area contributed by atoms with Gasteiger partial charge in [0, 0.05) is 38.4 Å². The molecule has 0 amide bonds. The van der Waals surface area contributed by atoms with E-state index in [4.69, 9.17) is 18.9 Å². The van der Waals surface area contributed by atoms with Crippen molar-refractivity contribution in [2.24, 2.45) is 5.41 Å². The van der Waals surface area contributed by atoms with Crippen molar-refractivity contribution in [1.82, 2.24) is 4.90 Å². The van der Waals surface area contributed by atoms with Gasteiger partial charge in [0.05, 0.1) is 19.9 Å². The number of ether oxygens (including phenoxy) is 4. The summed E-state index contributed by atoms with van der Waals surface area (Å²) in [5, 5.41) is 3.44. The molecule has 1 N–H and O–H groups in total. The summed E-state index contributed by atoms with van der Waals surface area (Å²) in [6, 6.07) is 24.5. The van der Waals surface area contributed by atoms with Crippen LogP contribution in [0.15, 0.2) is 84.2 Å². The summed E-state index contributed by atoms with van der Waals surface area (Å²) < 4.78 is 22.5. The summed E-state index contributed by atoms with van der Waals surface area (Å²) in [5.74, 6) is -1.46. The Morgan fingerprint density at radius 3 is 2.04 bits per heavy atom. The highest BCUT2D eigenvalue weighted by Crippen LogP contribution is 2.43. The molecule has 1 aliphatic heterocycles. The molecule has 0 spiro atoms. The molecule has 250 valence electrons. The minimum atomic E-state index is -1.38. The van der Waals surface area contributed by atoms with Crippen LogP contribution in [0, 0.1) is 5.41 Å². The number of carbonyl (C=O) groups is 2. The average Bonchev–Trinajstić information content (AvgIpc) is 3.50. The SMILES string of the molecule is COc1ccc(NC(=C2C(=O)OC(C)(C)OC2=O)N(Cc2ccc(CC(C)(C)C)cc2)CC2(c3ccccc3)CCCC2)c(OC)c1. The lowest BCUT2D eigenvalue weighted by atomic mass is 9.78. The van der Waals surface area contributed by atoms with Gasteiger partial charge in [0.2, 0.25) is 0 Å². The molecule has 8 nitrogen and oxygen atoms in total. The lowest BCUT2D eigenvalue weighted by Gasteiger charge is -2.40. The molecular weight excluding hydrogens is 592 g/mol. The standard InChI is InChI=1S/C39H48N2O6/c1-37(2,3)24-27-15-17-28(18-16-27)25-41(26-39(21-11-12-22-39)29-13-9-8-10-14-29)34(33-35(42)46-38(4,5)47-36(33)43)40-31-20-19-30(44-6)23-32(31)45-7/h8-10,13-20,23,40H,11-12,21-22,24-26H2,1-7H3. The van der Waals surface area contributed by atoms with Crippen LogP contribution >= 0.6 is 0 Å². The Morgan fingerprint density at radius 1 is 0.851 bits per heavy atom. The fourth-order valence-electron chi connectivity index (χ4n) is 6.73. The third-order valence-electron chi connectivity index (χ3n) is 8.87. The van der Waals surface area contributed by atoms with Crippen molar-refractivity contribution < 1.29 is 28.5 Å². The zero-order chi connectivity index (χ0) is 33.8. The Kier molecular flexibility index (Phi) is 9.89. The van der Waals surface area contributed by atoms with Gasteiger partial charge in [-0.1, -0.05) is 88.2 Å². The number of benzene rings is 3. The van der Waals surface area contributed by atoms with Gasteiger partial charge in [0.1, 0.15) is 17.3 Å². The van der Waals surface area contributed by atoms with Gasteiger partial charge in [-0.25, -0.2) is 9.59 Å². The molecule has 1 saturated carbocycles. The van der Waals surface area contributed by atoms with Crippen LogP contribution in [-0.2, 0) is 37.4 Å². The van der Waals surface area contributed by atoms with E-state index in [2.05, 4.69) is 79.5 Å². The van der Waals surface area contributed by atoms with E-state index in [1.54, 1.807) is 40.2 Å². The van der Waals surface area contributed by atoms with Crippen LogP contribution in [0.2, 0.25) is 0 Å². The van der Waals surface area contributed by atoms with Gasteiger partial charge in [0.15, 0.2) is 5.57 Å². The molecule has 0 bridgehead atoms. The van der Waals surface area contributed by atoms with Crippen LogP contribution in [-0.4, -0.2) is 43.4 Å². The first-order valence-electron chi connectivity index (χ1n) is 16.4. The van der Waals surface area contributed by atoms with Crippen LogP contribution in [0.4, 0.5) is 5.69 Å². The summed E-state index contributed by atoms with van der Waals surface area (Å²) >= 11 is 0. The molecule has 0 atom stereocenters. The summed E-state index contributed by atoms with van der Waals surface area (Å²) in [6.07, 6.45) is 5.10. The maximum absolute atomic E-state index is 13.7. The van der Waals surface area contributed by atoms with Gasteiger partial charge in [-0.15, -0.1) is 0 Å². The lowest BCUT2D eigenvalue weighted by Crippen LogP contribution is -2.46. The second kappa shape index (κ2) is 13.7. The Labute approximate surface area is 279 Å². The minimum absolute atomic E-state index is 0.159. The molecule has 2 fully saturated rings. The first-order valence-corrected chi connectivity index (χ1v) is 16.4. The summed E-state index contributed by atoms with van der Waals surface area (Å²) in [7, 11) is 3.16. The van der Waals surface area contributed by atoms with Crippen LogP contribution in [0.1, 0.15) is 77.0 Å². The number of nitrogens with zero attached hydrogens (tertiary/aromatic N) is 1. The van der Waals surface area contributed by atoms with Gasteiger partial charge in [-0.2, -0.15) is 0 Å². The highest BCUT2D eigenvalue weighted by molar-refractivity contribution is 6.16. The van der Waals surface area contributed by atoms with E-state index in [9.17, 15) is 9.59 Å². The summed E-state index contributed by atoms with van der Waals surface area (Å²) in [6.45, 7) is 10.8. The number of rotatable bonds is 11. The number of hydrogen-bond acceptors (Lipinski definition) is 8. The highest BCUT2D eigenvalue weighted by Gasteiger charge is 2.44. The van der Waals surface area contributed by atoms with Gasteiger partial charge in [-0.3, -0.25) is 0 Å². The van der Waals surface area contributed by atoms with Crippen molar-refractivity contribution in [2.75, 3.05) is 26.1 Å². The Hall–Kier alpha value is -4.46. The molecule has 47 heavy (non-hydrogen) atoms. The van der Waals surface area contributed by atoms with Crippen LogP contribution < -0.4 is 14.8 Å². The predicted molar refractivity (Wildman–Crippen MR) is 183 cm³/mol. The second-order valence-corrected chi connectivity index (χ2v) is 14.4. The number of carbonyl (C=O) groups excluding carboxylic acids is 2. The van der Waals surface area contributed by atoms with E-state index in [-0.39, 0.29) is 16.4 Å². The molecular formula is C39H48N2O6. The minimum Gasteiger partial charge on any atom is -0.497 e. The summed E-state index contributed by atoms with van der Waals surface area (Å²) in [5.41, 5.74) is 3.87. The molecule has 0 radical (unpaired) electrons. The number of hydrogen-bond donors (Lipinski definition) is 1. The van der Waals surface area contributed by atoms with Crippen molar-refractivity contribution in [3.63, 3.8) is 0 Å². The average molecular weight is 641 g/mol. The van der Waals surface area contributed by atoms with E-state index in [0.29, 0.717) is 36.1 Å². The lowest BCUT2D eigenvalue weighted by molar-refractivity contribution is -0.222. The number of cyclic esters (lactones) is 2. The number of anilines is 1. The molecule has 1 heterocycles. The van der Waals surface area contributed by atoms with Gasteiger partial charge >= 0.3 is 11.9 Å². The number of esters is 2. The molecule has 5 rings (SSSR count). The molecule has 1 saturated heterocycles. The number of methoxy groups -OCH3 is 2.